The fourth-order valence-electron chi connectivity index (χ4n) is 9.52. The van der Waals surface area contributed by atoms with Gasteiger partial charge in [0.1, 0.15) is 0 Å². The molecule has 0 saturated heterocycles. The van der Waals surface area contributed by atoms with Crippen LogP contribution in [0, 0.1) is 5.41 Å². The summed E-state index contributed by atoms with van der Waals surface area (Å²) in [5.41, 5.74) is 7.24. The van der Waals surface area contributed by atoms with E-state index in [1.807, 2.05) is 38.1 Å². The van der Waals surface area contributed by atoms with Crippen molar-refractivity contribution in [3.63, 3.8) is 0 Å². The maximum atomic E-state index is 13.1. The summed E-state index contributed by atoms with van der Waals surface area (Å²) >= 11 is -2.57. The van der Waals surface area contributed by atoms with Gasteiger partial charge in [-0.15, -0.1) is 0 Å². The number of anilines is 1. The molecule has 0 aliphatic carbocycles. The van der Waals surface area contributed by atoms with Gasteiger partial charge in [0.25, 0.3) is 0 Å². The van der Waals surface area contributed by atoms with Crippen molar-refractivity contribution >= 4 is 39.3 Å². The van der Waals surface area contributed by atoms with Crippen LogP contribution in [-0.4, -0.2) is 42.2 Å². The number of unbranched alkanes of at least 4 members (excludes halogenated alkanes) is 3. The number of amides is 1. The van der Waals surface area contributed by atoms with E-state index in [0.717, 1.165) is 50.6 Å². The van der Waals surface area contributed by atoms with Crippen LogP contribution < -0.4 is 18.0 Å². The van der Waals surface area contributed by atoms with Crippen LogP contribution >= 0.6 is 0 Å². The van der Waals surface area contributed by atoms with Crippen LogP contribution in [0.4, 0.5) is 10.5 Å². The van der Waals surface area contributed by atoms with E-state index < -0.39 is 30.0 Å². The van der Waals surface area contributed by atoms with Crippen LogP contribution in [0.5, 0.6) is 11.5 Å². The summed E-state index contributed by atoms with van der Waals surface area (Å²) in [5.74, 6) is 1.56. The van der Waals surface area contributed by atoms with Crippen molar-refractivity contribution in [3.8, 4) is 22.6 Å². The third kappa shape index (κ3) is 7.09. The summed E-state index contributed by atoms with van der Waals surface area (Å²) in [6.07, 6.45) is 7.29. The first-order chi connectivity index (χ1) is 23.7. The molecule has 2 aliphatic rings. The summed E-state index contributed by atoms with van der Waals surface area (Å²) in [6.45, 7) is 19.8. The van der Waals surface area contributed by atoms with Gasteiger partial charge in [-0.05, 0) is 0 Å². The van der Waals surface area contributed by atoms with Gasteiger partial charge in [-0.1, -0.05) is 0 Å². The molecular weight excluding hydrogens is 725 g/mol. The second-order valence-electron chi connectivity index (χ2n) is 16.3. The van der Waals surface area contributed by atoms with Gasteiger partial charge in [0.15, 0.2) is 0 Å². The number of hydrogen-bond acceptors (Lipinski definition) is 3. The van der Waals surface area contributed by atoms with Gasteiger partial charge in [0.05, 0.1) is 0 Å². The second-order valence-corrected chi connectivity index (χ2v) is 29.5. The number of benzene rings is 3. The molecule has 1 N–H and O–H groups in total. The van der Waals surface area contributed by atoms with E-state index >= 15 is 0 Å². The zero-order chi connectivity index (χ0) is 36.4. The number of ether oxygens (including phenoxy) is 2. The third-order valence-corrected chi connectivity index (χ3v) is 27.1. The van der Waals surface area contributed by atoms with Crippen molar-refractivity contribution in [2.24, 2.45) is 5.41 Å². The molecule has 6 heteroatoms. The number of rotatable bonds is 13. The number of carboxylic acid groups (broad SMARTS) is 1. The van der Waals surface area contributed by atoms with Crippen molar-refractivity contribution in [1.29, 1.82) is 0 Å². The molecule has 0 radical (unpaired) electrons. The van der Waals surface area contributed by atoms with Gasteiger partial charge in [-0.2, -0.15) is 0 Å². The Kier molecular flexibility index (Phi) is 11.8. The first kappa shape index (κ1) is 38.3. The molecule has 2 aliphatic heterocycles. The third-order valence-electron chi connectivity index (χ3n) is 11.4. The molecule has 3 aromatic carbocycles. The van der Waals surface area contributed by atoms with Crippen LogP contribution in [0.15, 0.2) is 60.2 Å². The molecule has 5 nitrogen and oxygen atoms in total. The summed E-state index contributed by atoms with van der Waals surface area (Å²) in [5, 5.41) is 10.7. The Balaban J connectivity index is 1.68. The second kappa shape index (κ2) is 15.4. The number of hydrogen-bond donors (Lipinski definition) is 1. The minimum atomic E-state index is -2.57. The Labute approximate surface area is 306 Å². The standard InChI is InChI=1S/C32H34NO4.3C4H9.Sn/c1-19-26-22(33(30(34)35)32(5,6)29(19)31(2,3)4)17-16-21-27-23(36-7)14-11-15-24(27)37-25(28(21)26)18-20-12-9-8-10-13-20;3*1-3-4-2;/h9-17,25H,18H2,1-7H3,(H,34,35);3*1,3-4H2,2H3;. The van der Waals surface area contributed by atoms with Crippen LogP contribution in [0.25, 0.3) is 16.7 Å². The first-order valence-electron chi connectivity index (χ1n) is 19.1. The van der Waals surface area contributed by atoms with Crippen molar-refractivity contribution in [2.75, 3.05) is 12.0 Å². The summed E-state index contributed by atoms with van der Waals surface area (Å²) in [6, 6.07) is 19.8. The quantitative estimate of drug-likeness (QED) is 0.175. The predicted molar refractivity (Wildman–Crippen MR) is 213 cm³/mol. The van der Waals surface area contributed by atoms with E-state index in [-0.39, 0.29) is 11.5 Å². The van der Waals surface area contributed by atoms with Gasteiger partial charge < -0.3 is 0 Å². The fraction of sp³-hybridized carbons (Fsp3) is 0.523. The van der Waals surface area contributed by atoms with Crippen LogP contribution in [0.3, 0.4) is 0 Å². The Hall–Kier alpha value is -2.93. The molecule has 50 heavy (non-hydrogen) atoms. The van der Waals surface area contributed by atoms with Crippen molar-refractivity contribution in [3.05, 3.63) is 76.9 Å². The fourth-order valence-corrected chi connectivity index (χ4v) is 25.5. The molecule has 0 saturated carbocycles. The van der Waals surface area contributed by atoms with Gasteiger partial charge in [-0.3, -0.25) is 0 Å². The molecule has 270 valence electrons. The van der Waals surface area contributed by atoms with Gasteiger partial charge >= 0.3 is 308 Å². The molecule has 0 aromatic heterocycles. The molecule has 0 bridgehead atoms. The summed E-state index contributed by atoms with van der Waals surface area (Å²) in [4.78, 5) is 14.7. The zero-order valence-electron chi connectivity index (χ0n) is 32.5. The van der Waals surface area contributed by atoms with E-state index in [1.54, 1.807) is 15.6 Å². The van der Waals surface area contributed by atoms with Crippen molar-refractivity contribution in [2.45, 2.75) is 132 Å². The molecule has 3 aromatic rings. The van der Waals surface area contributed by atoms with E-state index in [9.17, 15) is 9.90 Å². The molecule has 1 atom stereocenters. The number of methoxy groups -OCH3 is 1. The van der Waals surface area contributed by atoms with Gasteiger partial charge in [0.2, 0.25) is 0 Å². The average Bonchev–Trinajstić information content (AvgIpc) is 3.06. The summed E-state index contributed by atoms with van der Waals surface area (Å²) < 4.78 is 18.9. The first-order valence-corrected chi connectivity index (χ1v) is 26.6. The number of fused-ring (bicyclic) bond motifs is 5. The van der Waals surface area contributed by atoms with Gasteiger partial charge in [-0.25, -0.2) is 0 Å². The molecule has 0 spiro atoms. The maximum absolute atomic E-state index is 13.1. The predicted octanol–water partition coefficient (Wildman–Crippen LogP) is 12.2. The van der Waals surface area contributed by atoms with Crippen LogP contribution in [-0.2, 0) is 6.42 Å². The Morgan fingerprint density at radius 2 is 1.50 bits per heavy atom. The Bertz CT molecular complexity index is 1690. The van der Waals surface area contributed by atoms with E-state index in [2.05, 4.69) is 78.8 Å². The van der Waals surface area contributed by atoms with E-state index in [4.69, 9.17) is 9.47 Å². The Morgan fingerprint density at radius 3 is 2.02 bits per heavy atom. The molecular formula is C44H61NO4Sn. The van der Waals surface area contributed by atoms with Crippen molar-refractivity contribution in [1.82, 2.24) is 0 Å². The number of allylic oxidation sites excluding steroid dienone is 1. The normalized spacial score (nSPS) is 16.8. The zero-order valence-corrected chi connectivity index (χ0v) is 35.3. The van der Waals surface area contributed by atoms with E-state index in [1.165, 1.54) is 57.4 Å². The monoisotopic (exact) mass is 787 g/mol. The topological polar surface area (TPSA) is 59.0 Å². The number of carbonyl (C=O) groups is 1. The molecule has 0 fully saturated rings. The van der Waals surface area contributed by atoms with Crippen molar-refractivity contribution < 1.29 is 19.4 Å². The number of nitrogens with zero attached hydrogens (tertiary/aromatic N) is 1. The molecule has 1 unspecified atom stereocenters. The summed E-state index contributed by atoms with van der Waals surface area (Å²) in [7, 11) is 1.70. The van der Waals surface area contributed by atoms with E-state index in [0.29, 0.717) is 6.42 Å². The molecule has 5 rings (SSSR count). The molecule has 1 amide bonds. The SMILES string of the molecule is CCC[CH2][Sn]([CH2]CCC)([CH2]CCC)[c]1ccc(CC2Oc3cccc(OC)c3-c3ccc4c(c32)C(C)=C(C(C)(C)C)C(C)(C)N4C(=O)O)cc1. The van der Waals surface area contributed by atoms with Crippen LogP contribution in [0.2, 0.25) is 13.3 Å². The Morgan fingerprint density at radius 1 is 0.900 bits per heavy atom. The van der Waals surface area contributed by atoms with Crippen LogP contribution in [0.1, 0.15) is 124 Å². The average molecular weight is 787 g/mol. The molecule has 2 heterocycles. The minimum absolute atomic E-state index is 0.260. The van der Waals surface area contributed by atoms with Gasteiger partial charge in [0, 0.05) is 0 Å².